The lowest BCUT2D eigenvalue weighted by Crippen LogP contribution is -2.24. The van der Waals surface area contributed by atoms with Crippen molar-refractivity contribution in [3.05, 3.63) is 35.9 Å². The van der Waals surface area contributed by atoms with Gasteiger partial charge in [0.1, 0.15) is 0 Å². The van der Waals surface area contributed by atoms with E-state index >= 15 is 0 Å². The maximum absolute atomic E-state index is 11.9. The normalized spacial score (nSPS) is 20.3. The zero-order valence-electron chi connectivity index (χ0n) is 10.7. The summed E-state index contributed by atoms with van der Waals surface area (Å²) in [6.07, 6.45) is 1.90. The van der Waals surface area contributed by atoms with E-state index in [0.29, 0.717) is 17.7 Å². The maximum Gasteiger partial charge on any atom is 0.223 e. The summed E-state index contributed by atoms with van der Waals surface area (Å²) >= 11 is 0. The number of amides is 1. The second-order valence-electron chi connectivity index (χ2n) is 5.46. The van der Waals surface area contributed by atoms with E-state index in [1.54, 1.807) is 0 Å². The van der Waals surface area contributed by atoms with Gasteiger partial charge < -0.3 is 4.90 Å². The van der Waals surface area contributed by atoms with Crippen LogP contribution >= 0.6 is 0 Å². The predicted molar refractivity (Wildman–Crippen MR) is 69.4 cm³/mol. The lowest BCUT2D eigenvalue weighted by molar-refractivity contribution is -0.128. The van der Waals surface area contributed by atoms with E-state index in [0.717, 1.165) is 25.9 Å². The third kappa shape index (κ3) is 3.32. The van der Waals surface area contributed by atoms with Gasteiger partial charge in [0.15, 0.2) is 0 Å². The molecule has 0 N–H and O–H groups in total. The molecule has 2 nitrogen and oxygen atoms in total. The molecule has 0 spiro atoms. The predicted octanol–water partition coefficient (Wildman–Crippen LogP) is 3.08. The van der Waals surface area contributed by atoms with Gasteiger partial charge in [-0.15, -0.1) is 0 Å². The molecule has 1 atom stereocenters. The molecule has 1 unspecified atom stereocenters. The average Bonchev–Trinajstić information content (AvgIpc) is 2.59. The largest absolute Gasteiger partial charge is 0.338 e. The molecule has 1 amide bonds. The van der Waals surface area contributed by atoms with Gasteiger partial charge in [-0.2, -0.15) is 0 Å². The van der Waals surface area contributed by atoms with Crippen molar-refractivity contribution in [1.29, 1.82) is 0 Å². The van der Waals surface area contributed by atoms with Crippen LogP contribution < -0.4 is 0 Å². The van der Waals surface area contributed by atoms with Crippen molar-refractivity contribution in [2.24, 2.45) is 11.8 Å². The first-order valence-electron chi connectivity index (χ1n) is 6.47. The molecule has 17 heavy (non-hydrogen) atoms. The van der Waals surface area contributed by atoms with Crippen molar-refractivity contribution in [2.45, 2.75) is 33.2 Å². The summed E-state index contributed by atoms with van der Waals surface area (Å²) in [4.78, 5) is 13.9. The Balaban J connectivity index is 1.92. The molecule has 0 aromatic heterocycles. The zero-order chi connectivity index (χ0) is 12.3. The summed E-state index contributed by atoms with van der Waals surface area (Å²) in [5.74, 6) is 1.56. The van der Waals surface area contributed by atoms with Crippen molar-refractivity contribution < 1.29 is 4.79 Å². The van der Waals surface area contributed by atoms with Gasteiger partial charge in [-0.25, -0.2) is 0 Å². The Morgan fingerprint density at radius 1 is 1.29 bits per heavy atom. The topological polar surface area (TPSA) is 20.3 Å². The highest BCUT2D eigenvalue weighted by molar-refractivity contribution is 5.78. The third-order valence-corrected chi connectivity index (χ3v) is 3.32. The number of hydrogen-bond acceptors (Lipinski definition) is 1. The molecule has 1 heterocycles. The highest BCUT2D eigenvalue weighted by Crippen LogP contribution is 2.25. The number of rotatable bonds is 4. The lowest BCUT2D eigenvalue weighted by atomic mass is 9.96. The number of benzene rings is 1. The van der Waals surface area contributed by atoms with Gasteiger partial charge in [0.05, 0.1) is 0 Å². The Labute approximate surface area is 104 Å². The quantitative estimate of drug-likeness (QED) is 0.780. The summed E-state index contributed by atoms with van der Waals surface area (Å²) in [7, 11) is 0. The first-order chi connectivity index (χ1) is 8.15. The molecule has 1 aliphatic heterocycles. The van der Waals surface area contributed by atoms with Crippen molar-refractivity contribution in [3.63, 3.8) is 0 Å². The molecule has 2 rings (SSSR count). The summed E-state index contributed by atoms with van der Waals surface area (Å²) in [6, 6.07) is 10.2. The van der Waals surface area contributed by atoms with E-state index < -0.39 is 0 Å². The average molecular weight is 231 g/mol. The molecule has 1 saturated heterocycles. The number of hydrogen-bond donors (Lipinski definition) is 0. The minimum atomic E-state index is 0.319. The van der Waals surface area contributed by atoms with Crippen LogP contribution in [0.25, 0.3) is 0 Å². The summed E-state index contributed by atoms with van der Waals surface area (Å²) in [6.45, 7) is 6.16. The van der Waals surface area contributed by atoms with Crippen molar-refractivity contribution in [3.8, 4) is 0 Å². The maximum atomic E-state index is 11.9. The van der Waals surface area contributed by atoms with E-state index in [4.69, 9.17) is 0 Å². The van der Waals surface area contributed by atoms with E-state index in [1.807, 2.05) is 23.1 Å². The number of carbonyl (C=O) groups excluding carboxylic acids is 1. The van der Waals surface area contributed by atoms with Gasteiger partial charge in [-0.1, -0.05) is 44.2 Å². The molecule has 1 aromatic rings. The molecule has 1 aliphatic rings. The molecule has 0 bridgehead atoms. The van der Waals surface area contributed by atoms with Crippen LogP contribution in [0, 0.1) is 11.8 Å². The molecule has 1 fully saturated rings. The van der Waals surface area contributed by atoms with E-state index in [2.05, 4.69) is 26.0 Å². The number of nitrogens with zero attached hydrogens (tertiary/aromatic N) is 1. The Kier molecular flexibility index (Phi) is 3.82. The minimum absolute atomic E-state index is 0.319. The van der Waals surface area contributed by atoms with E-state index in [1.165, 1.54) is 5.56 Å². The van der Waals surface area contributed by atoms with Gasteiger partial charge in [0.2, 0.25) is 5.91 Å². The molecular weight excluding hydrogens is 210 g/mol. The molecular formula is C15H21NO. The fourth-order valence-electron chi connectivity index (χ4n) is 2.64. The number of carbonyl (C=O) groups is 1. The SMILES string of the molecule is CC(C)CC1CC(=O)N(Cc2ccccc2)C1. The van der Waals surface area contributed by atoms with Crippen LogP contribution in [0.2, 0.25) is 0 Å². The fraction of sp³-hybridized carbons (Fsp3) is 0.533. The molecule has 1 aromatic carbocycles. The zero-order valence-corrected chi connectivity index (χ0v) is 10.7. The molecule has 0 aliphatic carbocycles. The lowest BCUT2D eigenvalue weighted by Gasteiger charge is -2.17. The van der Waals surface area contributed by atoms with Gasteiger partial charge in [-0.3, -0.25) is 4.79 Å². The summed E-state index contributed by atoms with van der Waals surface area (Å²) in [5.41, 5.74) is 1.23. The Hall–Kier alpha value is -1.31. The highest BCUT2D eigenvalue weighted by Gasteiger charge is 2.29. The van der Waals surface area contributed by atoms with Gasteiger partial charge in [0.25, 0.3) is 0 Å². The first kappa shape index (κ1) is 12.2. The first-order valence-corrected chi connectivity index (χ1v) is 6.47. The van der Waals surface area contributed by atoms with Gasteiger partial charge in [-0.05, 0) is 23.8 Å². The third-order valence-electron chi connectivity index (χ3n) is 3.32. The van der Waals surface area contributed by atoms with Crippen LogP contribution in [-0.2, 0) is 11.3 Å². The fourth-order valence-corrected chi connectivity index (χ4v) is 2.64. The molecule has 2 heteroatoms. The van der Waals surface area contributed by atoms with Crippen LogP contribution in [0.3, 0.4) is 0 Å². The van der Waals surface area contributed by atoms with Crippen LogP contribution in [0.5, 0.6) is 0 Å². The van der Waals surface area contributed by atoms with Gasteiger partial charge in [0, 0.05) is 19.5 Å². The van der Waals surface area contributed by atoms with Crippen molar-refractivity contribution >= 4 is 5.91 Å². The van der Waals surface area contributed by atoms with Crippen LogP contribution in [0.15, 0.2) is 30.3 Å². The van der Waals surface area contributed by atoms with Crippen LogP contribution in [0.1, 0.15) is 32.3 Å². The number of likely N-dealkylation sites (tertiary alicyclic amines) is 1. The smallest absolute Gasteiger partial charge is 0.223 e. The van der Waals surface area contributed by atoms with Crippen LogP contribution in [-0.4, -0.2) is 17.4 Å². The van der Waals surface area contributed by atoms with Crippen molar-refractivity contribution in [1.82, 2.24) is 4.90 Å². The summed E-state index contributed by atoms with van der Waals surface area (Å²) in [5, 5.41) is 0. The highest BCUT2D eigenvalue weighted by atomic mass is 16.2. The summed E-state index contributed by atoms with van der Waals surface area (Å²) < 4.78 is 0. The van der Waals surface area contributed by atoms with Gasteiger partial charge >= 0.3 is 0 Å². The molecule has 92 valence electrons. The Morgan fingerprint density at radius 2 is 2.00 bits per heavy atom. The second kappa shape index (κ2) is 5.35. The monoisotopic (exact) mass is 231 g/mol. The van der Waals surface area contributed by atoms with Crippen molar-refractivity contribution in [2.75, 3.05) is 6.54 Å². The van der Waals surface area contributed by atoms with E-state index in [-0.39, 0.29) is 0 Å². The van der Waals surface area contributed by atoms with E-state index in [9.17, 15) is 4.79 Å². The standard InChI is InChI=1S/C15H21NO/c1-12(2)8-14-9-15(17)16(11-14)10-13-6-4-3-5-7-13/h3-7,12,14H,8-11H2,1-2H3. The molecule has 0 saturated carbocycles. The molecule has 0 radical (unpaired) electrons. The second-order valence-corrected chi connectivity index (χ2v) is 5.46. The van der Waals surface area contributed by atoms with Crippen LogP contribution in [0.4, 0.5) is 0 Å². The Morgan fingerprint density at radius 3 is 2.65 bits per heavy atom. The minimum Gasteiger partial charge on any atom is -0.338 e. The Bertz CT molecular complexity index is 372.